The summed E-state index contributed by atoms with van der Waals surface area (Å²) in [5, 5.41) is 0.686. The molecule has 1 N–H and O–H groups in total. The molecule has 7 heteroatoms. The highest BCUT2D eigenvalue weighted by Gasteiger charge is 2.36. The van der Waals surface area contributed by atoms with E-state index in [-0.39, 0.29) is 5.92 Å². The second-order valence-corrected chi connectivity index (χ2v) is 10.0. The lowest BCUT2D eigenvalue weighted by molar-refractivity contribution is -0.160. The number of carbonyl (C=O) groups excluding carboxylic acids is 2. The molecule has 0 heterocycles. The molecular formula is C16H31NO5S. The Hall–Kier alpha value is -1.11. The molecule has 23 heavy (non-hydrogen) atoms. The number of hydrogen-bond acceptors (Lipinski definition) is 5. The molecule has 3 atom stereocenters. The number of esters is 1. The second-order valence-electron chi connectivity index (χ2n) is 7.19. The normalized spacial score (nSPS) is 16.6. The first-order valence-electron chi connectivity index (χ1n) is 8.00. The van der Waals surface area contributed by atoms with Gasteiger partial charge in [0.25, 0.3) is 0 Å². The van der Waals surface area contributed by atoms with Gasteiger partial charge in [-0.05, 0) is 47.5 Å². The summed E-state index contributed by atoms with van der Waals surface area (Å²) in [5.74, 6) is -1.38. The maximum Gasteiger partial charge on any atom is 0.329 e. The highest BCUT2D eigenvalue weighted by molar-refractivity contribution is 7.93. The zero-order chi connectivity index (χ0) is 18.6. The van der Waals surface area contributed by atoms with Gasteiger partial charge in [0.2, 0.25) is 5.91 Å². The fraction of sp³-hybridized carbons (Fsp3) is 0.875. The second kappa shape index (κ2) is 8.13. The van der Waals surface area contributed by atoms with E-state index in [2.05, 4.69) is 5.32 Å². The average molecular weight is 349 g/mol. The van der Waals surface area contributed by atoms with Crippen molar-refractivity contribution in [3.05, 3.63) is 0 Å². The Kier molecular flexibility index (Phi) is 7.73. The van der Waals surface area contributed by atoms with Gasteiger partial charge in [-0.15, -0.1) is 0 Å². The van der Waals surface area contributed by atoms with Crippen LogP contribution in [0.3, 0.4) is 0 Å². The Bertz CT molecular complexity index is 519. The smallest absolute Gasteiger partial charge is 0.329 e. The Labute approximate surface area is 140 Å². The zero-order valence-electron chi connectivity index (χ0n) is 15.5. The molecule has 0 saturated heterocycles. The van der Waals surface area contributed by atoms with Gasteiger partial charge in [0.05, 0.1) is 5.25 Å². The summed E-state index contributed by atoms with van der Waals surface area (Å²) in [4.78, 5) is 24.6. The van der Waals surface area contributed by atoms with Crippen LogP contribution >= 0.6 is 0 Å². The summed E-state index contributed by atoms with van der Waals surface area (Å²) >= 11 is 0. The van der Waals surface area contributed by atoms with E-state index in [0.29, 0.717) is 6.42 Å². The van der Waals surface area contributed by atoms with Crippen molar-refractivity contribution in [2.45, 2.75) is 84.0 Å². The van der Waals surface area contributed by atoms with Gasteiger partial charge in [0.15, 0.2) is 9.84 Å². The molecule has 1 amide bonds. The third-order valence-corrected chi connectivity index (χ3v) is 6.20. The first kappa shape index (κ1) is 21.9. The predicted molar refractivity (Wildman–Crippen MR) is 90.7 cm³/mol. The quantitative estimate of drug-likeness (QED) is 0.711. The number of nitrogens with one attached hydrogen (secondary N) is 1. The van der Waals surface area contributed by atoms with Crippen molar-refractivity contribution < 1.29 is 22.7 Å². The molecule has 0 aromatic rings. The lowest BCUT2D eigenvalue weighted by atomic mass is 9.98. The third-order valence-electron chi connectivity index (χ3n) is 3.69. The van der Waals surface area contributed by atoms with Crippen LogP contribution in [0, 0.1) is 5.92 Å². The molecule has 6 nitrogen and oxygen atoms in total. The van der Waals surface area contributed by atoms with Gasteiger partial charge < -0.3 is 10.1 Å². The van der Waals surface area contributed by atoms with E-state index in [1.165, 1.54) is 20.8 Å². The molecule has 0 aromatic carbocycles. The molecule has 0 aliphatic carbocycles. The lowest BCUT2D eigenvalue weighted by Gasteiger charge is -2.28. The standard InChI is InChI=1S/C16H31NO5S/c1-9-11(4)13(15(19)22-16(6,7)8)17-14(18)12(5)23(20,21)10(2)3/h10-13H,9H2,1-8H3,(H,17,18)/t11-,12?,13-/m0/s1. The van der Waals surface area contributed by atoms with E-state index < -0.39 is 43.9 Å². The van der Waals surface area contributed by atoms with Gasteiger partial charge in [-0.1, -0.05) is 20.3 Å². The first-order valence-corrected chi connectivity index (χ1v) is 9.60. The van der Waals surface area contributed by atoms with Gasteiger partial charge in [-0.25, -0.2) is 13.2 Å². The van der Waals surface area contributed by atoms with Crippen LogP contribution in [-0.2, 0) is 24.2 Å². The topological polar surface area (TPSA) is 89.5 Å². The molecule has 0 aliphatic heterocycles. The van der Waals surface area contributed by atoms with Gasteiger partial charge in [-0.2, -0.15) is 0 Å². The van der Waals surface area contributed by atoms with Gasteiger partial charge in [-0.3, -0.25) is 4.79 Å². The molecule has 0 aliphatic rings. The molecule has 0 fully saturated rings. The van der Waals surface area contributed by atoms with E-state index >= 15 is 0 Å². The van der Waals surface area contributed by atoms with E-state index in [0.717, 1.165) is 0 Å². The highest BCUT2D eigenvalue weighted by atomic mass is 32.2. The number of rotatable bonds is 7. The molecule has 1 unspecified atom stereocenters. The van der Waals surface area contributed by atoms with E-state index in [9.17, 15) is 18.0 Å². The Balaban J connectivity index is 5.26. The van der Waals surface area contributed by atoms with Gasteiger partial charge in [0, 0.05) is 0 Å². The largest absolute Gasteiger partial charge is 0.458 e. The van der Waals surface area contributed by atoms with Crippen LogP contribution in [0.5, 0.6) is 0 Å². The highest BCUT2D eigenvalue weighted by Crippen LogP contribution is 2.16. The number of carbonyl (C=O) groups is 2. The van der Waals surface area contributed by atoms with E-state index in [4.69, 9.17) is 4.74 Å². The van der Waals surface area contributed by atoms with Crippen molar-refractivity contribution in [1.82, 2.24) is 5.32 Å². The number of hydrogen-bond donors (Lipinski definition) is 1. The van der Waals surface area contributed by atoms with Crippen LogP contribution in [0.2, 0.25) is 0 Å². The SMILES string of the molecule is CC[C@H](C)[C@H](NC(=O)C(C)S(=O)(=O)C(C)C)C(=O)OC(C)(C)C. The van der Waals surface area contributed by atoms with Crippen molar-refractivity contribution in [1.29, 1.82) is 0 Å². The third kappa shape index (κ3) is 6.49. The van der Waals surface area contributed by atoms with E-state index in [1.807, 2.05) is 13.8 Å². The minimum absolute atomic E-state index is 0.164. The van der Waals surface area contributed by atoms with Crippen LogP contribution in [0.15, 0.2) is 0 Å². The molecule has 136 valence electrons. The molecule has 0 saturated carbocycles. The number of sulfone groups is 1. The van der Waals surface area contributed by atoms with Crippen LogP contribution in [0.25, 0.3) is 0 Å². The van der Waals surface area contributed by atoms with Crippen LogP contribution in [-0.4, -0.2) is 42.4 Å². The Morgan fingerprint density at radius 2 is 1.57 bits per heavy atom. The molecule has 0 aromatic heterocycles. The van der Waals surface area contributed by atoms with Crippen molar-refractivity contribution in [3.8, 4) is 0 Å². The molecule has 0 rings (SSSR count). The van der Waals surface area contributed by atoms with E-state index in [1.54, 1.807) is 20.8 Å². The average Bonchev–Trinajstić information content (AvgIpc) is 2.40. The fourth-order valence-corrected chi connectivity index (χ4v) is 3.05. The Morgan fingerprint density at radius 1 is 1.09 bits per heavy atom. The van der Waals surface area contributed by atoms with Crippen LogP contribution in [0.4, 0.5) is 0 Å². The van der Waals surface area contributed by atoms with Crippen LogP contribution in [0.1, 0.15) is 61.8 Å². The van der Waals surface area contributed by atoms with Crippen molar-refractivity contribution in [2.24, 2.45) is 5.92 Å². The monoisotopic (exact) mass is 349 g/mol. The summed E-state index contributed by atoms with van der Waals surface area (Å²) in [6, 6.07) is -0.864. The summed E-state index contributed by atoms with van der Waals surface area (Å²) in [5.41, 5.74) is -0.677. The van der Waals surface area contributed by atoms with Gasteiger partial charge >= 0.3 is 5.97 Å². The lowest BCUT2D eigenvalue weighted by Crippen LogP contribution is -2.52. The summed E-state index contributed by atoms with van der Waals surface area (Å²) in [7, 11) is -3.58. The minimum atomic E-state index is -3.58. The van der Waals surface area contributed by atoms with Crippen LogP contribution < -0.4 is 5.32 Å². The summed E-state index contributed by atoms with van der Waals surface area (Å²) < 4.78 is 29.6. The predicted octanol–water partition coefficient (Wildman–Crippen LogP) is 2.07. The number of amides is 1. The molecule has 0 bridgehead atoms. The van der Waals surface area contributed by atoms with Gasteiger partial charge in [0.1, 0.15) is 16.9 Å². The minimum Gasteiger partial charge on any atom is -0.458 e. The van der Waals surface area contributed by atoms with Crippen molar-refractivity contribution in [2.75, 3.05) is 0 Å². The Morgan fingerprint density at radius 3 is 1.91 bits per heavy atom. The maximum absolute atomic E-state index is 12.3. The molecule has 0 spiro atoms. The zero-order valence-corrected chi connectivity index (χ0v) is 16.3. The number of ether oxygens (including phenoxy) is 1. The molecule has 0 radical (unpaired) electrons. The van der Waals surface area contributed by atoms with Crippen molar-refractivity contribution in [3.63, 3.8) is 0 Å². The molecular weight excluding hydrogens is 318 g/mol. The first-order chi connectivity index (χ1) is 10.2. The van der Waals surface area contributed by atoms with Crippen molar-refractivity contribution >= 4 is 21.7 Å². The fourth-order valence-electron chi connectivity index (χ4n) is 1.86. The maximum atomic E-state index is 12.3. The summed E-state index contributed by atoms with van der Waals surface area (Å²) in [6.07, 6.45) is 0.648. The summed E-state index contributed by atoms with van der Waals surface area (Å²) in [6.45, 7) is 13.3.